The Kier molecular flexibility index (Phi) is 6.19. The van der Waals surface area contributed by atoms with Gasteiger partial charge in [-0.3, -0.25) is 19.3 Å². The minimum atomic E-state index is -0.662. The third kappa shape index (κ3) is 4.47. The lowest BCUT2D eigenvalue weighted by Gasteiger charge is -2.29. The third-order valence-corrected chi connectivity index (χ3v) is 3.98. The fourth-order valence-corrected chi connectivity index (χ4v) is 2.59. The minimum absolute atomic E-state index is 0.122. The maximum absolute atomic E-state index is 12.2. The molecule has 130 valence electrons. The molecule has 0 radical (unpaired) electrons. The van der Waals surface area contributed by atoms with Gasteiger partial charge in [-0.05, 0) is 31.5 Å². The van der Waals surface area contributed by atoms with Crippen molar-refractivity contribution in [3.05, 3.63) is 22.7 Å². The Labute approximate surface area is 148 Å². The zero-order valence-corrected chi connectivity index (χ0v) is 15.2. The standard InChI is InChI=1S/C16H20BrN3O4/c1-3-6-18-16(23)10(2)19-14(21)8-20-12-5-4-11(17)7-13(12)24-9-15(20)22/h4-5,7,10H,3,6,8-9H2,1-2H3,(H,18,23)(H,19,21). The van der Waals surface area contributed by atoms with E-state index >= 15 is 0 Å². The largest absolute Gasteiger partial charge is 0.482 e. The Morgan fingerprint density at radius 3 is 2.88 bits per heavy atom. The van der Waals surface area contributed by atoms with Gasteiger partial charge < -0.3 is 15.4 Å². The van der Waals surface area contributed by atoms with Crippen LogP contribution in [0.25, 0.3) is 0 Å². The number of hydrogen-bond donors (Lipinski definition) is 2. The van der Waals surface area contributed by atoms with E-state index in [1.807, 2.05) is 6.92 Å². The molecule has 0 aromatic heterocycles. The summed E-state index contributed by atoms with van der Waals surface area (Å²) in [4.78, 5) is 37.4. The molecule has 0 saturated carbocycles. The summed E-state index contributed by atoms with van der Waals surface area (Å²) >= 11 is 3.34. The molecule has 1 atom stereocenters. The normalized spacial score (nSPS) is 14.5. The number of hydrogen-bond acceptors (Lipinski definition) is 4. The monoisotopic (exact) mass is 397 g/mol. The number of amides is 3. The van der Waals surface area contributed by atoms with E-state index in [-0.39, 0.29) is 25.0 Å². The van der Waals surface area contributed by atoms with Crippen molar-refractivity contribution in [3.63, 3.8) is 0 Å². The van der Waals surface area contributed by atoms with Crippen molar-refractivity contribution in [1.29, 1.82) is 0 Å². The summed E-state index contributed by atoms with van der Waals surface area (Å²) in [5.41, 5.74) is 0.535. The maximum Gasteiger partial charge on any atom is 0.265 e. The Morgan fingerprint density at radius 2 is 2.17 bits per heavy atom. The number of nitrogens with one attached hydrogen (secondary N) is 2. The lowest BCUT2D eigenvalue weighted by molar-refractivity contribution is -0.129. The average molecular weight is 398 g/mol. The Bertz CT molecular complexity index is 650. The number of carbonyl (C=O) groups excluding carboxylic acids is 3. The summed E-state index contributed by atoms with van der Waals surface area (Å²) < 4.78 is 6.20. The minimum Gasteiger partial charge on any atom is -0.482 e. The van der Waals surface area contributed by atoms with Gasteiger partial charge in [0.25, 0.3) is 5.91 Å². The van der Waals surface area contributed by atoms with Crippen molar-refractivity contribution in [2.75, 3.05) is 24.6 Å². The van der Waals surface area contributed by atoms with E-state index in [1.165, 1.54) is 4.90 Å². The first-order valence-corrected chi connectivity index (χ1v) is 8.51. The van der Waals surface area contributed by atoms with Gasteiger partial charge in [-0.15, -0.1) is 0 Å². The molecule has 0 fully saturated rings. The summed E-state index contributed by atoms with van der Waals surface area (Å²) in [7, 11) is 0. The van der Waals surface area contributed by atoms with Crippen LogP contribution in [0.4, 0.5) is 5.69 Å². The number of ether oxygens (including phenoxy) is 1. The van der Waals surface area contributed by atoms with Crippen molar-refractivity contribution in [3.8, 4) is 5.75 Å². The van der Waals surface area contributed by atoms with Gasteiger partial charge >= 0.3 is 0 Å². The summed E-state index contributed by atoms with van der Waals surface area (Å²) in [6.07, 6.45) is 0.820. The van der Waals surface area contributed by atoms with Crippen molar-refractivity contribution in [2.24, 2.45) is 0 Å². The molecule has 1 aromatic carbocycles. The van der Waals surface area contributed by atoms with E-state index in [2.05, 4.69) is 26.6 Å². The fourth-order valence-electron chi connectivity index (χ4n) is 2.25. The summed E-state index contributed by atoms with van der Waals surface area (Å²) in [6.45, 7) is 3.83. The van der Waals surface area contributed by atoms with E-state index < -0.39 is 11.9 Å². The van der Waals surface area contributed by atoms with Crippen molar-refractivity contribution >= 4 is 39.3 Å². The second kappa shape index (κ2) is 8.14. The van der Waals surface area contributed by atoms with E-state index in [4.69, 9.17) is 4.74 Å². The molecule has 1 aromatic rings. The molecule has 24 heavy (non-hydrogen) atoms. The zero-order chi connectivity index (χ0) is 17.7. The number of benzene rings is 1. The lowest BCUT2D eigenvalue weighted by atomic mass is 10.2. The van der Waals surface area contributed by atoms with Crippen molar-refractivity contribution < 1.29 is 19.1 Å². The van der Waals surface area contributed by atoms with Crippen LogP contribution in [0.1, 0.15) is 20.3 Å². The van der Waals surface area contributed by atoms with Crippen LogP contribution in [0.3, 0.4) is 0 Å². The molecule has 7 nitrogen and oxygen atoms in total. The molecule has 0 spiro atoms. The molecule has 2 N–H and O–H groups in total. The predicted octanol–water partition coefficient (Wildman–Crippen LogP) is 1.21. The molecule has 1 aliphatic heterocycles. The summed E-state index contributed by atoms with van der Waals surface area (Å²) in [5, 5.41) is 5.32. The molecule has 1 unspecified atom stereocenters. The molecular weight excluding hydrogens is 378 g/mol. The summed E-state index contributed by atoms with van der Waals surface area (Å²) in [5.74, 6) is -0.422. The molecule has 0 aliphatic carbocycles. The predicted molar refractivity (Wildman–Crippen MR) is 92.9 cm³/mol. The van der Waals surface area contributed by atoms with Crippen LogP contribution in [0.2, 0.25) is 0 Å². The number of rotatable bonds is 6. The van der Waals surface area contributed by atoms with Crippen LogP contribution >= 0.6 is 15.9 Å². The van der Waals surface area contributed by atoms with Gasteiger partial charge in [0.05, 0.1) is 5.69 Å². The lowest BCUT2D eigenvalue weighted by Crippen LogP contribution is -2.50. The van der Waals surface area contributed by atoms with E-state index in [9.17, 15) is 14.4 Å². The number of nitrogens with zero attached hydrogens (tertiary/aromatic N) is 1. The number of carbonyl (C=O) groups is 3. The highest BCUT2D eigenvalue weighted by atomic mass is 79.9. The van der Waals surface area contributed by atoms with Gasteiger partial charge in [-0.1, -0.05) is 22.9 Å². The van der Waals surface area contributed by atoms with Crippen molar-refractivity contribution in [1.82, 2.24) is 10.6 Å². The Morgan fingerprint density at radius 1 is 1.42 bits per heavy atom. The molecule has 3 amide bonds. The Hall–Kier alpha value is -2.09. The van der Waals surface area contributed by atoms with Gasteiger partial charge in [-0.2, -0.15) is 0 Å². The molecule has 0 saturated heterocycles. The van der Waals surface area contributed by atoms with Crippen LogP contribution in [0.15, 0.2) is 22.7 Å². The zero-order valence-electron chi connectivity index (χ0n) is 13.6. The highest BCUT2D eigenvalue weighted by Gasteiger charge is 2.28. The van der Waals surface area contributed by atoms with Gasteiger partial charge in [-0.25, -0.2) is 0 Å². The van der Waals surface area contributed by atoms with Crippen molar-refractivity contribution in [2.45, 2.75) is 26.3 Å². The van der Waals surface area contributed by atoms with E-state index in [0.29, 0.717) is 18.0 Å². The second-order valence-corrected chi connectivity index (χ2v) is 6.38. The van der Waals surface area contributed by atoms with Crippen LogP contribution < -0.4 is 20.3 Å². The van der Waals surface area contributed by atoms with Crippen LogP contribution in [-0.2, 0) is 14.4 Å². The third-order valence-electron chi connectivity index (χ3n) is 3.49. The number of fused-ring (bicyclic) bond motifs is 1. The molecule has 0 bridgehead atoms. The van der Waals surface area contributed by atoms with E-state index in [0.717, 1.165) is 10.9 Å². The molecule has 2 rings (SSSR count). The first-order chi connectivity index (χ1) is 11.4. The fraction of sp³-hybridized carbons (Fsp3) is 0.438. The van der Waals surface area contributed by atoms with Gasteiger partial charge in [0, 0.05) is 11.0 Å². The van der Waals surface area contributed by atoms with Crippen LogP contribution in [0.5, 0.6) is 5.75 Å². The number of halogens is 1. The highest BCUT2D eigenvalue weighted by Crippen LogP contribution is 2.34. The summed E-state index contributed by atoms with van der Waals surface area (Å²) in [6, 6.07) is 4.56. The molecule has 1 heterocycles. The maximum atomic E-state index is 12.2. The Balaban J connectivity index is 2.01. The quantitative estimate of drug-likeness (QED) is 0.754. The molecule has 8 heteroatoms. The number of anilines is 1. The van der Waals surface area contributed by atoms with Crippen LogP contribution in [0, 0.1) is 0 Å². The van der Waals surface area contributed by atoms with Crippen LogP contribution in [-0.4, -0.2) is 43.5 Å². The smallest absolute Gasteiger partial charge is 0.265 e. The average Bonchev–Trinajstić information content (AvgIpc) is 2.55. The van der Waals surface area contributed by atoms with Gasteiger partial charge in [0.15, 0.2) is 6.61 Å². The first-order valence-electron chi connectivity index (χ1n) is 7.72. The second-order valence-electron chi connectivity index (χ2n) is 5.46. The SMILES string of the molecule is CCCNC(=O)C(C)NC(=O)CN1C(=O)COc2cc(Br)ccc21. The molecule has 1 aliphatic rings. The van der Waals surface area contributed by atoms with E-state index in [1.54, 1.807) is 25.1 Å². The first kappa shape index (κ1) is 18.3. The topological polar surface area (TPSA) is 87.7 Å². The van der Waals surface area contributed by atoms with Gasteiger partial charge in [0.2, 0.25) is 11.8 Å². The molecular formula is C16H20BrN3O4. The van der Waals surface area contributed by atoms with Gasteiger partial charge in [0.1, 0.15) is 18.3 Å². The highest BCUT2D eigenvalue weighted by molar-refractivity contribution is 9.10.